The minimum Gasteiger partial charge on any atom is -0.493 e. The Morgan fingerprint density at radius 2 is 1.78 bits per heavy atom. The second-order valence-corrected chi connectivity index (χ2v) is 11.3. The van der Waals surface area contributed by atoms with Gasteiger partial charge in [0.25, 0.3) is 5.91 Å². The van der Waals surface area contributed by atoms with Crippen LogP contribution in [0, 0.1) is 17.8 Å². The van der Waals surface area contributed by atoms with E-state index in [1.807, 2.05) is 18.2 Å². The first-order chi connectivity index (χ1) is 19.4. The van der Waals surface area contributed by atoms with Gasteiger partial charge >= 0.3 is 6.18 Å². The number of carbonyl (C=O) groups excluding carboxylic acids is 1. The lowest BCUT2D eigenvalue weighted by molar-refractivity contribution is -0.279. The van der Waals surface area contributed by atoms with Crippen molar-refractivity contribution < 1.29 is 42.0 Å². The van der Waals surface area contributed by atoms with Crippen LogP contribution >= 0.6 is 0 Å². The molecule has 0 radical (unpaired) electrons. The number of nitrogens with one attached hydrogen (secondary N) is 1. The fourth-order valence-electron chi connectivity index (χ4n) is 5.66. The number of benzene rings is 1. The highest BCUT2D eigenvalue weighted by Gasteiger charge is 2.65. The Balaban J connectivity index is 2.05. The van der Waals surface area contributed by atoms with E-state index < -0.39 is 42.3 Å². The molecule has 1 saturated carbocycles. The Bertz CT molecular complexity index is 926. The van der Waals surface area contributed by atoms with Crippen LogP contribution in [-0.2, 0) is 20.7 Å². The third kappa shape index (κ3) is 9.46. The van der Waals surface area contributed by atoms with Gasteiger partial charge in [-0.1, -0.05) is 39.2 Å². The van der Waals surface area contributed by atoms with E-state index in [4.69, 9.17) is 24.7 Å². The summed E-state index contributed by atoms with van der Waals surface area (Å²) >= 11 is 0. The number of alkyl halides is 3. The molecule has 2 rings (SSSR count). The lowest BCUT2D eigenvalue weighted by Gasteiger charge is -2.41. The zero-order chi connectivity index (χ0) is 30.6. The number of rotatable bonds is 17. The number of aliphatic hydroxyl groups excluding tert-OH is 1. The summed E-state index contributed by atoms with van der Waals surface area (Å²) in [6.45, 7) is 4.76. The minimum atomic E-state index is -4.89. The average molecular weight is 591 g/mol. The van der Waals surface area contributed by atoms with Gasteiger partial charge in [-0.3, -0.25) is 4.79 Å². The van der Waals surface area contributed by atoms with E-state index in [-0.39, 0.29) is 24.7 Å². The zero-order valence-electron chi connectivity index (χ0n) is 25.1. The fraction of sp³-hybridized carbons (Fsp3) is 0.767. The number of methoxy groups -OCH3 is 3. The Morgan fingerprint density at radius 1 is 1.10 bits per heavy atom. The van der Waals surface area contributed by atoms with Gasteiger partial charge in [-0.05, 0) is 55.2 Å². The molecule has 11 heteroatoms. The molecule has 236 valence electrons. The lowest BCUT2D eigenvalue weighted by Crippen LogP contribution is -2.64. The molecule has 1 aliphatic rings. The summed E-state index contributed by atoms with van der Waals surface area (Å²) in [5.41, 5.74) is 4.38. The van der Waals surface area contributed by atoms with Crippen LogP contribution in [0.1, 0.15) is 64.4 Å². The highest BCUT2D eigenvalue weighted by Crippen LogP contribution is 2.45. The maximum atomic E-state index is 14.2. The third-order valence-corrected chi connectivity index (χ3v) is 8.22. The highest BCUT2D eigenvalue weighted by atomic mass is 19.4. The first-order valence-corrected chi connectivity index (χ1v) is 14.5. The second kappa shape index (κ2) is 16.5. The number of hydrogen-bond acceptors (Lipinski definition) is 7. The van der Waals surface area contributed by atoms with Gasteiger partial charge in [0.1, 0.15) is 0 Å². The molecular formula is C30H49F3N2O6. The van der Waals surface area contributed by atoms with Crippen LogP contribution in [0.15, 0.2) is 18.2 Å². The molecule has 0 spiro atoms. The Kier molecular flexibility index (Phi) is 14.2. The first kappa shape index (κ1) is 35.1. The number of amides is 1. The average Bonchev–Trinajstić information content (AvgIpc) is 2.94. The molecule has 0 bridgehead atoms. The van der Waals surface area contributed by atoms with Crippen LogP contribution in [0.3, 0.4) is 0 Å². The SMILES string of the molecule is COCCCOc1cc(CC(CC(N)C(O)CNC(=O)[C@](OC)(C2CCCCC2)C(F)(F)F)C(C)C)ccc1OC. The topological polar surface area (TPSA) is 112 Å². The molecule has 0 saturated heterocycles. The predicted octanol–water partition coefficient (Wildman–Crippen LogP) is 4.65. The Hall–Kier alpha value is -2.08. The van der Waals surface area contributed by atoms with E-state index in [2.05, 4.69) is 19.2 Å². The molecule has 1 fully saturated rings. The van der Waals surface area contributed by atoms with Gasteiger partial charge in [-0.2, -0.15) is 13.2 Å². The largest absolute Gasteiger partial charge is 0.493 e. The van der Waals surface area contributed by atoms with Gasteiger partial charge in [0, 0.05) is 45.8 Å². The molecule has 3 unspecified atom stereocenters. The van der Waals surface area contributed by atoms with E-state index in [9.17, 15) is 23.1 Å². The molecule has 1 aliphatic carbocycles. The first-order valence-electron chi connectivity index (χ1n) is 14.5. The molecule has 1 aromatic rings. The van der Waals surface area contributed by atoms with Gasteiger partial charge in [0.05, 0.1) is 19.8 Å². The fourth-order valence-corrected chi connectivity index (χ4v) is 5.66. The molecule has 1 amide bonds. The van der Waals surface area contributed by atoms with E-state index in [1.54, 1.807) is 14.2 Å². The number of hydrogen-bond donors (Lipinski definition) is 3. The number of halogens is 3. The normalized spacial score (nSPS) is 18.4. The van der Waals surface area contributed by atoms with Crippen LogP contribution in [0.4, 0.5) is 13.2 Å². The van der Waals surface area contributed by atoms with Crippen molar-refractivity contribution >= 4 is 5.91 Å². The summed E-state index contributed by atoms with van der Waals surface area (Å²) in [7, 11) is 4.13. The second-order valence-electron chi connectivity index (χ2n) is 11.3. The summed E-state index contributed by atoms with van der Waals surface area (Å²) in [4.78, 5) is 13.0. The van der Waals surface area contributed by atoms with Crippen LogP contribution in [0.2, 0.25) is 0 Å². The lowest BCUT2D eigenvalue weighted by atomic mass is 9.75. The molecule has 0 aliphatic heterocycles. The monoisotopic (exact) mass is 590 g/mol. The third-order valence-electron chi connectivity index (χ3n) is 8.22. The van der Waals surface area contributed by atoms with E-state index >= 15 is 0 Å². The number of aliphatic hydroxyl groups is 1. The predicted molar refractivity (Wildman–Crippen MR) is 151 cm³/mol. The molecule has 0 aromatic heterocycles. The number of ether oxygens (including phenoxy) is 4. The zero-order valence-corrected chi connectivity index (χ0v) is 25.1. The molecule has 0 heterocycles. The summed E-state index contributed by atoms with van der Waals surface area (Å²) in [5.74, 6) is -0.749. The van der Waals surface area contributed by atoms with E-state index in [0.29, 0.717) is 50.4 Å². The van der Waals surface area contributed by atoms with Crippen molar-refractivity contribution in [3.8, 4) is 11.5 Å². The maximum Gasteiger partial charge on any atom is 0.426 e. The molecular weight excluding hydrogens is 541 g/mol. The van der Waals surface area contributed by atoms with Gasteiger partial charge in [-0.15, -0.1) is 0 Å². The molecule has 4 N–H and O–H groups in total. The number of carbonyl (C=O) groups is 1. The minimum absolute atomic E-state index is 0.0561. The highest BCUT2D eigenvalue weighted by molar-refractivity contribution is 5.86. The van der Waals surface area contributed by atoms with Crippen molar-refractivity contribution in [2.45, 2.75) is 89.1 Å². The molecule has 8 nitrogen and oxygen atoms in total. The van der Waals surface area contributed by atoms with Gasteiger partial charge in [0.15, 0.2) is 11.5 Å². The standard InChI is InChI=1S/C30H49F3N2O6/c1-20(2)22(16-21-12-13-26(39-4)27(17-21)41-15-9-14-38-3)18-24(34)25(36)19-35-28(37)29(40-5,30(31,32)33)23-10-7-6-8-11-23/h12-13,17,20,22-25,36H,6-11,14-16,18-19,34H2,1-5H3,(H,35,37)/t22?,24?,25?,29-/m1/s1. The Morgan fingerprint density at radius 3 is 2.34 bits per heavy atom. The van der Waals surface area contributed by atoms with Crippen molar-refractivity contribution in [2.24, 2.45) is 23.5 Å². The number of nitrogens with two attached hydrogens (primary N) is 1. The smallest absolute Gasteiger partial charge is 0.426 e. The van der Waals surface area contributed by atoms with Crippen LogP contribution in [0.25, 0.3) is 0 Å². The maximum absolute atomic E-state index is 14.2. The van der Waals surface area contributed by atoms with Crippen molar-refractivity contribution in [3.63, 3.8) is 0 Å². The van der Waals surface area contributed by atoms with Gasteiger partial charge in [0.2, 0.25) is 5.60 Å². The Labute approximate surface area is 242 Å². The molecule has 1 aromatic carbocycles. The molecule has 41 heavy (non-hydrogen) atoms. The summed E-state index contributed by atoms with van der Waals surface area (Å²) in [6, 6.07) is 4.96. The quantitative estimate of drug-likeness (QED) is 0.227. The van der Waals surface area contributed by atoms with Crippen molar-refractivity contribution in [1.82, 2.24) is 5.32 Å². The van der Waals surface area contributed by atoms with Crippen molar-refractivity contribution in [2.75, 3.05) is 41.1 Å². The van der Waals surface area contributed by atoms with Crippen molar-refractivity contribution in [1.29, 1.82) is 0 Å². The van der Waals surface area contributed by atoms with Gasteiger partial charge < -0.3 is 35.1 Å². The summed E-state index contributed by atoms with van der Waals surface area (Å²) in [5, 5.41) is 13.1. The summed E-state index contributed by atoms with van der Waals surface area (Å²) in [6.07, 6.45) is -1.78. The summed E-state index contributed by atoms with van der Waals surface area (Å²) < 4.78 is 64.1. The molecule has 4 atom stereocenters. The van der Waals surface area contributed by atoms with Crippen LogP contribution in [-0.4, -0.2) is 76.0 Å². The van der Waals surface area contributed by atoms with Crippen molar-refractivity contribution in [3.05, 3.63) is 23.8 Å². The van der Waals surface area contributed by atoms with Crippen LogP contribution in [0.5, 0.6) is 11.5 Å². The van der Waals surface area contributed by atoms with E-state index in [0.717, 1.165) is 25.5 Å². The van der Waals surface area contributed by atoms with Gasteiger partial charge in [-0.25, -0.2) is 0 Å². The van der Waals surface area contributed by atoms with Crippen LogP contribution < -0.4 is 20.5 Å². The van der Waals surface area contributed by atoms with E-state index in [1.165, 1.54) is 0 Å².